The molecule has 8 heteroatoms. The number of thioether (sulfide) groups is 1. The van der Waals surface area contributed by atoms with Crippen molar-refractivity contribution in [2.75, 3.05) is 47.0 Å². The average molecular weight is 466 g/mol. The van der Waals surface area contributed by atoms with E-state index in [9.17, 15) is 9.18 Å². The van der Waals surface area contributed by atoms with Crippen LogP contribution in [0.15, 0.2) is 53.8 Å². The van der Waals surface area contributed by atoms with Gasteiger partial charge in [0.25, 0.3) is 0 Å². The van der Waals surface area contributed by atoms with E-state index in [1.807, 2.05) is 6.92 Å². The lowest BCUT2D eigenvalue weighted by molar-refractivity contribution is -0.113. The Bertz CT molecular complexity index is 1150. The van der Waals surface area contributed by atoms with Gasteiger partial charge < -0.3 is 15.1 Å². The van der Waals surface area contributed by atoms with Crippen molar-refractivity contribution in [3.63, 3.8) is 0 Å². The Balaban J connectivity index is 1.38. The third-order valence-corrected chi connectivity index (χ3v) is 6.92. The highest BCUT2D eigenvalue weighted by Crippen LogP contribution is 2.29. The van der Waals surface area contributed by atoms with Gasteiger partial charge in [0.05, 0.1) is 5.75 Å². The molecule has 1 N–H and O–H groups in total. The van der Waals surface area contributed by atoms with Gasteiger partial charge >= 0.3 is 0 Å². The number of carbonyl (C=O) groups is 1. The predicted octanol–water partition coefficient (Wildman–Crippen LogP) is 4.60. The molecule has 3 aromatic rings. The number of hydrogen-bond acceptors (Lipinski definition) is 6. The SMILES string of the molecule is Cc1ccc(F)cc1NC(=O)CSc1nccnc1N1CCN(c2cccc(C)c2C)CC1. The molecule has 2 aromatic carbocycles. The van der Waals surface area contributed by atoms with E-state index < -0.39 is 0 Å². The van der Waals surface area contributed by atoms with Gasteiger partial charge in [0, 0.05) is 49.9 Å². The first-order valence-electron chi connectivity index (χ1n) is 11.0. The van der Waals surface area contributed by atoms with Gasteiger partial charge in [-0.3, -0.25) is 4.79 Å². The Morgan fingerprint density at radius 3 is 2.52 bits per heavy atom. The fraction of sp³-hybridized carbons (Fsp3) is 0.320. The lowest BCUT2D eigenvalue weighted by Crippen LogP contribution is -2.47. The van der Waals surface area contributed by atoms with Crippen molar-refractivity contribution in [1.29, 1.82) is 0 Å². The van der Waals surface area contributed by atoms with E-state index in [2.05, 4.69) is 57.1 Å². The first-order valence-corrected chi connectivity index (χ1v) is 12.0. The van der Waals surface area contributed by atoms with E-state index in [1.54, 1.807) is 18.5 Å². The molecule has 0 spiro atoms. The second-order valence-electron chi connectivity index (χ2n) is 8.17. The van der Waals surface area contributed by atoms with Crippen LogP contribution in [-0.4, -0.2) is 47.8 Å². The molecule has 1 amide bonds. The fourth-order valence-electron chi connectivity index (χ4n) is 3.92. The number of aromatic nitrogens is 2. The number of amides is 1. The normalized spacial score (nSPS) is 13.8. The summed E-state index contributed by atoms with van der Waals surface area (Å²) in [5, 5.41) is 3.51. The average Bonchev–Trinajstić information content (AvgIpc) is 2.82. The number of carbonyl (C=O) groups excluding carboxylic acids is 1. The lowest BCUT2D eigenvalue weighted by Gasteiger charge is -2.37. The smallest absolute Gasteiger partial charge is 0.234 e. The highest BCUT2D eigenvalue weighted by Gasteiger charge is 2.22. The molecular formula is C25H28FN5OS. The zero-order chi connectivity index (χ0) is 23.4. The highest BCUT2D eigenvalue weighted by atomic mass is 32.2. The molecule has 1 fully saturated rings. The van der Waals surface area contributed by atoms with Crippen molar-refractivity contribution in [3.8, 4) is 0 Å². The van der Waals surface area contributed by atoms with Crippen LogP contribution >= 0.6 is 11.8 Å². The monoisotopic (exact) mass is 465 g/mol. The molecule has 6 nitrogen and oxygen atoms in total. The van der Waals surface area contributed by atoms with Crippen molar-refractivity contribution in [2.24, 2.45) is 0 Å². The van der Waals surface area contributed by atoms with Crippen molar-refractivity contribution in [2.45, 2.75) is 25.8 Å². The number of rotatable bonds is 6. The molecule has 0 atom stereocenters. The van der Waals surface area contributed by atoms with E-state index in [-0.39, 0.29) is 17.5 Å². The number of anilines is 3. The Hall–Kier alpha value is -3.13. The van der Waals surface area contributed by atoms with E-state index in [0.717, 1.165) is 42.6 Å². The number of benzene rings is 2. The lowest BCUT2D eigenvalue weighted by atomic mass is 10.1. The number of hydrogen-bond donors (Lipinski definition) is 1. The summed E-state index contributed by atoms with van der Waals surface area (Å²) in [6, 6.07) is 10.8. The molecule has 1 aromatic heterocycles. The minimum Gasteiger partial charge on any atom is -0.368 e. The molecule has 4 rings (SSSR count). The Morgan fingerprint density at radius 2 is 1.73 bits per heavy atom. The van der Waals surface area contributed by atoms with Crippen LogP contribution in [0.1, 0.15) is 16.7 Å². The van der Waals surface area contributed by atoms with Crippen molar-refractivity contribution >= 4 is 34.9 Å². The number of halogens is 1. The molecule has 0 saturated carbocycles. The van der Waals surface area contributed by atoms with E-state index in [4.69, 9.17) is 0 Å². The zero-order valence-corrected chi connectivity index (χ0v) is 20.0. The molecule has 1 saturated heterocycles. The van der Waals surface area contributed by atoms with E-state index in [0.29, 0.717) is 5.69 Å². The van der Waals surface area contributed by atoms with Crippen LogP contribution in [0.2, 0.25) is 0 Å². The molecule has 33 heavy (non-hydrogen) atoms. The Morgan fingerprint density at radius 1 is 1.00 bits per heavy atom. The Kier molecular flexibility index (Phi) is 7.13. The Labute approximate surface area is 198 Å². The first kappa shape index (κ1) is 23.0. The number of aryl methyl sites for hydroxylation is 2. The minimum atomic E-state index is -0.375. The van der Waals surface area contributed by atoms with Crippen LogP contribution in [0.4, 0.5) is 21.6 Å². The largest absolute Gasteiger partial charge is 0.368 e. The maximum atomic E-state index is 13.5. The summed E-state index contributed by atoms with van der Waals surface area (Å²) in [7, 11) is 0. The number of piperazine rings is 1. The molecule has 0 radical (unpaired) electrons. The second-order valence-corrected chi connectivity index (χ2v) is 9.14. The van der Waals surface area contributed by atoms with Crippen LogP contribution < -0.4 is 15.1 Å². The summed E-state index contributed by atoms with van der Waals surface area (Å²) in [5.41, 5.74) is 5.21. The molecule has 0 bridgehead atoms. The summed E-state index contributed by atoms with van der Waals surface area (Å²) in [6.45, 7) is 9.59. The van der Waals surface area contributed by atoms with Gasteiger partial charge in [-0.05, 0) is 55.7 Å². The summed E-state index contributed by atoms with van der Waals surface area (Å²) in [6.07, 6.45) is 3.33. The molecule has 172 valence electrons. The van der Waals surface area contributed by atoms with Gasteiger partial charge in [-0.2, -0.15) is 0 Å². The third kappa shape index (κ3) is 5.45. The molecule has 2 heterocycles. The fourth-order valence-corrected chi connectivity index (χ4v) is 4.71. The molecule has 1 aliphatic heterocycles. The van der Waals surface area contributed by atoms with Crippen LogP contribution in [0.3, 0.4) is 0 Å². The summed E-state index contributed by atoms with van der Waals surface area (Å²) in [4.78, 5) is 26.1. The molecular weight excluding hydrogens is 437 g/mol. The minimum absolute atomic E-state index is 0.171. The number of nitrogens with zero attached hydrogens (tertiary/aromatic N) is 4. The quantitative estimate of drug-likeness (QED) is 0.537. The van der Waals surface area contributed by atoms with Crippen molar-refractivity contribution in [1.82, 2.24) is 9.97 Å². The molecule has 0 aliphatic carbocycles. The number of nitrogens with one attached hydrogen (secondary N) is 1. The predicted molar refractivity (Wildman–Crippen MR) is 133 cm³/mol. The summed E-state index contributed by atoms with van der Waals surface area (Å²) >= 11 is 1.35. The molecule has 1 aliphatic rings. The summed E-state index contributed by atoms with van der Waals surface area (Å²) in [5.74, 6) is 0.395. The first-order chi connectivity index (χ1) is 15.9. The van der Waals surface area contributed by atoms with E-state index >= 15 is 0 Å². The topological polar surface area (TPSA) is 61.4 Å². The van der Waals surface area contributed by atoms with Crippen LogP contribution in [-0.2, 0) is 4.79 Å². The van der Waals surface area contributed by atoms with Crippen LogP contribution in [0, 0.1) is 26.6 Å². The van der Waals surface area contributed by atoms with Gasteiger partial charge in [-0.25, -0.2) is 14.4 Å². The van der Waals surface area contributed by atoms with Crippen molar-refractivity contribution < 1.29 is 9.18 Å². The summed E-state index contributed by atoms with van der Waals surface area (Å²) < 4.78 is 13.5. The van der Waals surface area contributed by atoms with E-state index in [1.165, 1.54) is 40.7 Å². The van der Waals surface area contributed by atoms with Gasteiger partial charge in [-0.15, -0.1) is 0 Å². The third-order valence-electron chi connectivity index (χ3n) is 5.96. The van der Waals surface area contributed by atoms with Gasteiger partial charge in [0.15, 0.2) is 5.82 Å². The maximum absolute atomic E-state index is 13.5. The second kappa shape index (κ2) is 10.2. The van der Waals surface area contributed by atoms with Crippen LogP contribution in [0.5, 0.6) is 0 Å². The standard InChI is InChI=1S/C25H28FN5OS/c1-17-5-4-6-22(19(17)3)30-11-13-31(14-12-30)24-25(28-10-9-27-24)33-16-23(32)29-21-15-20(26)8-7-18(21)2/h4-10,15H,11-14,16H2,1-3H3,(H,29,32). The van der Waals surface area contributed by atoms with Gasteiger partial charge in [0.2, 0.25) is 5.91 Å². The highest BCUT2D eigenvalue weighted by molar-refractivity contribution is 8.00. The van der Waals surface area contributed by atoms with Gasteiger partial charge in [0.1, 0.15) is 10.8 Å². The van der Waals surface area contributed by atoms with Gasteiger partial charge in [-0.1, -0.05) is 30.0 Å². The van der Waals surface area contributed by atoms with Crippen molar-refractivity contribution in [3.05, 3.63) is 71.3 Å². The maximum Gasteiger partial charge on any atom is 0.234 e. The van der Waals surface area contributed by atoms with Crippen LogP contribution in [0.25, 0.3) is 0 Å². The zero-order valence-electron chi connectivity index (χ0n) is 19.1. The molecule has 0 unspecified atom stereocenters.